The van der Waals surface area contributed by atoms with Gasteiger partial charge in [-0.05, 0) is 81.2 Å². The summed E-state index contributed by atoms with van der Waals surface area (Å²) in [6.45, 7) is 11.2. The van der Waals surface area contributed by atoms with Gasteiger partial charge in [-0.15, -0.1) is 0 Å². The van der Waals surface area contributed by atoms with Crippen molar-refractivity contribution in [1.29, 1.82) is 0 Å². The van der Waals surface area contributed by atoms with Crippen molar-refractivity contribution < 1.29 is 4.79 Å². The fourth-order valence-corrected chi connectivity index (χ4v) is 4.78. The smallest absolute Gasteiger partial charge is 0.253 e. The van der Waals surface area contributed by atoms with Crippen LogP contribution >= 0.6 is 0 Å². The Balaban J connectivity index is 1.73. The largest absolute Gasteiger partial charge is 0.348 e. The van der Waals surface area contributed by atoms with Crippen LogP contribution in [0.2, 0.25) is 0 Å². The Morgan fingerprint density at radius 3 is 2.38 bits per heavy atom. The maximum atomic E-state index is 13.6. The molecule has 0 spiro atoms. The number of hydrogen-bond donors (Lipinski definition) is 2. The van der Waals surface area contributed by atoms with Crippen molar-refractivity contribution in [3.05, 3.63) is 87.0 Å². The molecular weight excluding hydrogens is 462 g/mol. The molecule has 0 fully saturated rings. The van der Waals surface area contributed by atoms with E-state index < -0.39 is 0 Å². The lowest BCUT2D eigenvalue weighted by Crippen LogP contribution is -2.28. The molecular formula is C30H37N5O2. The van der Waals surface area contributed by atoms with Crippen LogP contribution in [0, 0.1) is 6.92 Å². The molecule has 0 aliphatic rings. The standard InChI is InChI=1S/C30H37N5O2/c1-18(2)24-12-20(5)33-30(37)27(24)15-31-29(36)25-13-23(14-28-26(25)16-32-35(28)19(3)4)22-10-8-21(9-11-22)17-34(6)7/h8-14,16,18-19H,15,17H2,1-7H3,(H,31,36)(H,33,37). The normalized spacial score (nSPS) is 11.7. The lowest BCUT2D eigenvalue weighted by Gasteiger charge is -2.15. The van der Waals surface area contributed by atoms with Crippen molar-refractivity contribution in [2.75, 3.05) is 14.1 Å². The lowest BCUT2D eigenvalue weighted by molar-refractivity contribution is 0.0952. The predicted molar refractivity (Wildman–Crippen MR) is 150 cm³/mol. The molecule has 0 saturated heterocycles. The number of fused-ring (bicyclic) bond motifs is 1. The van der Waals surface area contributed by atoms with E-state index in [1.807, 2.05) is 37.8 Å². The van der Waals surface area contributed by atoms with E-state index in [9.17, 15) is 9.59 Å². The molecule has 0 aliphatic heterocycles. The number of nitrogens with zero attached hydrogens (tertiary/aromatic N) is 3. The van der Waals surface area contributed by atoms with Crippen LogP contribution < -0.4 is 10.9 Å². The third kappa shape index (κ3) is 5.67. The van der Waals surface area contributed by atoms with E-state index in [0.29, 0.717) is 11.1 Å². The van der Waals surface area contributed by atoms with Crippen LogP contribution in [0.15, 0.2) is 53.5 Å². The number of aromatic amines is 1. The number of aromatic nitrogens is 3. The first kappa shape index (κ1) is 26.4. The Labute approximate surface area is 218 Å². The van der Waals surface area contributed by atoms with Crippen LogP contribution in [0.5, 0.6) is 0 Å². The van der Waals surface area contributed by atoms with Crippen LogP contribution in [0.25, 0.3) is 22.0 Å². The molecule has 0 bridgehead atoms. The van der Waals surface area contributed by atoms with Crippen molar-refractivity contribution in [2.45, 2.75) is 59.7 Å². The molecule has 1 amide bonds. The number of hydrogen-bond acceptors (Lipinski definition) is 4. The highest BCUT2D eigenvalue weighted by atomic mass is 16.1. The minimum Gasteiger partial charge on any atom is -0.348 e. The molecule has 194 valence electrons. The van der Waals surface area contributed by atoms with Gasteiger partial charge in [-0.25, -0.2) is 0 Å². The molecule has 0 saturated carbocycles. The number of aryl methyl sites for hydroxylation is 1. The van der Waals surface area contributed by atoms with Gasteiger partial charge in [0.15, 0.2) is 0 Å². The summed E-state index contributed by atoms with van der Waals surface area (Å²) >= 11 is 0. The van der Waals surface area contributed by atoms with E-state index in [4.69, 9.17) is 0 Å². The van der Waals surface area contributed by atoms with Crippen LogP contribution in [0.4, 0.5) is 0 Å². The zero-order valence-electron chi connectivity index (χ0n) is 22.8. The zero-order chi connectivity index (χ0) is 26.9. The fourth-order valence-electron chi connectivity index (χ4n) is 4.78. The second kappa shape index (κ2) is 10.7. The maximum Gasteiger partial charge on any atom is 0.253 e. The lowest BCUT2D eigenvalue weighted by atomic mass is 9.97. The summed E-state index contributed by atoms with van der Waals surface area (Å²) in [4.78, 5) is 31.3. The summed E-state index contributed by atoms with van der Waals surface area (Å²) in [6, 6.07) is 14.6. The van der Waals surface area contributed by atoms with Gasteiger partial charge in [0.1, 0.15) is 0 Å². The van der Waals surface area contributed by atoms with Crippen LogP contribution in [-0.4, -0.2) is 39.7 Å². The maximum absolute atomic E-state index is 13.6. The summed E-state index contributed by atoms with van der Waals surface area (Å²) in [5.74, 6) is -0.0586. The predicted octanol–water partition coefficient (Wildman–Crippen LogP) is 5.40. The molecule has 2 N–H and O–H groups in total. The molecule has 2 heterocycles. The number of carbonyl (C=O) groups is 1. The first-order valence-electron chi connectivity index (χ1n) is 12.8. The van der Waals surface area contributed by atoms with Gasteiger partial charge < -0.3 is 15.2 Å². The highest BCUT2D eigenvalue weighted by Crippen LogP contribution is 2.30. The van der Waals surface area contributed by atoms with E-state index in [-0.39, 0.29) is 30.0 Å². The monoisotopic (exact) mass is 499 g/mol. The quantitative estimate of drug-likeness (QED) is 0.340. The van der Waals surface area contributed by atoms with Crippen molar-refractivity contribution in [1.82, 2.24) is 25.0 Å². The van der Waals surface area contributed by atoms with E-state index in [1.165, 1.54) is 5.56 Å². The molecule has 2 aromatic heterocycles. The van der Waals surface area contributed by atoms with Crippen molar-refractivity contribution >= 4 is 16.8 Å². The highest BCUT2D eigenvalue weighted by Gasteiger charge is 2.19. The summed E-state index contributed by atoms with van der Waals surface area (Å²) in [6.07, 6.45) is 1.76. The Morgan fingerprint density at radius 2 is 1.76 bits per heavy atom. The number of amides is 1. The molecule has 0 radical (unpaired) electrons. The number of pyridine rings is 1. The topological polar surface area (TPSA) is 83.0 Å². The molecule has 0 atom stereocenters. The summed E-state index contributed by atoms with van der Waals surface area (Å²) in [7, 11) is 4.10. The number of H-pyrrole nitrogens is 1. The highest BCUT2D eigenvalue weighted by molar-refractivity contribution is 6.08. The SMILES string of the molecule is Cc1cc(C(C)C)c(CNC(=O)c2cc(-c3ccc(CN(C)C)cc3)cc3c2cnn3C(C)C)c(=O)[nH]1. The van der Waals surface area contributed by atoms with Crippen molar-refractivity contribution in [2.24, 2.45) is 0 Å². The van der Waals surface area contributed by atoms with Gasteiger partial charge >= 0.3 is 0 Å². The zero-order valence-corrected chi connectivity index (χ0v) is 22.8. The Morgan fingerprint density at radius 1 is 1.05 bits per heavy atom. The van der Waals surface area contributed by atoms with E-state index in [1.54, 1.807) is 6.20 Å². The Kier molecular flexibility index (Phi) is 7.64. The average Bonchev–Trinajstić information content (AvgIpc) is 3.26. The fraction of sp³-hybridized carbons (Fsp3) is 0.367. The molecule has 4 aromatic rings. The third-order valence-electron chi connectivity index (χ3n) is 6.59. The molecule has 7 nitrogen and oxygen atoms in total. The number of nitrogens with one attached hydrogen (secondary N) is 2. The van der Waals surface area contributed by atoms with Crippen LogP contribution in [-0.2, 0) is 13.1 Å². The van der Waals surface area contributed by atoms with E-state index in [2.05, 4.69) is 78.3 Å². The molecule has 37 heavy (non-hydrogen) atoms. The van der Waals surface area contributed by atoms with Gasteiger partial charge in [-0.1, -0.05) is 38.1 Å². The van der Waals surface area contributed by atoms with Gasteiger partial charge in [-0.3, -0.25) is 14.3 Å². The number of benzene rings is 2. The summed E-state index contributed by atoms with van der Waals surface area (Å²) in [5.41, 5.74) is 6.87. The van der Waals surface area contributed by atoms with Gasteiger partial charge in [0.25, 0.3) is 11.5 Å². The van der Waals surface area contributed by atoms with Gasteiger partial charge in [0.2, 0.25) is 0 Å². The van der Waals surface area contributed by atoms with E-state index >= 15 is 0 Å². The molecule has 4 rings (SSSR count). The molecule has 0 aliphatic carbocycles. The second-order valence-corrected chi connectivity index (χ2v) is 10.6. The first-order chi connectivity index (χ1) is 17.5. The first-order valence-corrected chi connectivity index (χ1v) is 12.8. The summed E-state index contributed by atoms with van der Waals surface area (Å²) in [5, 5.41) is 8.38. The van der Waals surface area contributed by atoms with Crippen molar-refractivity contribution in [3.63, 3.8) is 0 Å². The van der Waals surface area contributed by atoms with Crippen LogP contribution in [0.3, 0.4) is 0 Å². The summed E-state index contributed by atoms with van der Waals surface area (Å²) < 4.78 is 1.94. The Hall–Kier alpha value is -3.71. The third-order valence-corrected chi connectivity index (χ3v) is 6.59. The van der Waals surface area contributed by atoms with E-state index in [0.717, 1.165) is 39.8 Å². The minimum atomic E-state index is -0.228. The molecule has 2 aromatic carbocycles. The van der Waals surface area contributed by atoms with Gasteiger partial charge in [-0.2, -0.15) is 5.10 Å². The van der Waals surface area contributed by atoms with Crippen LogP contribution in [0.1, 0.15) is 72.4 Å². The Bertz CT molecular complexity index is 1480. The van der Waals surface area contributed by atoms with Gasteiger partial charge in [0.05, 0.1) is 17.3 Å². The molecule has 0 unspecified atom stereocenters. The average molecular weight is 500 g/mol. The second-order valence-electron chi connectivity index (χ2n) is 10.6. The number of rotatable bonds is 8. The van der Waals surface area contributed by atoms with Gasteiger partial charge in [0, 0.05) is 35.8 Å². The minimum absolute atomic E-state index is 0.144. The number of carbonyl (C=O) groups excluding carboxylic acids is 1. The molecule has 7 heteroatoms. The van der Waals surface area contributed by atoms with Crippen molar-refractivity contribution in [3.8, 4) is 11.1 Å².